The van der Waals surface area contributed by atoms with E-state index in [-0.39, 0.29) is 18.7 Å². The molecule has 0 amide bonds. The van der Waals surface area contributed by atoms with Crippen LogP contribution in [0.2, 0.25) is 0 Å². The van der Waals surface area contributed by atoms with Crippen molar-refractivity contribution in [3.63, 3.8) is 0 Å². The highest BCUT2D eigenvalue weighted by Gasteiger charge is 2.16. The highest BCUT2D eigenvalue weighted by atomic mass is 19.1. The molecular formula is C13H17F2NO2. The predicted molar refractivity (Wildman–Crippen MR) is 65.3 cm³/mol. The average molecular weight is 257 g/mol. The molecule has 0 atom stereocenters. The summed E-state index contributed by atoms with van der Waals surface area (Å²) in [5.41, 5.74) is -0.776. The molecule has 0 unspecified atom stereocenters. The fourth-order valence-electron chi connectivity index (χ4n) is 1.35. The lowest BCUT2D eigenvalue weighted by Gasteiger charge is -2.19. The standard InChI is InChI=1S/C13H17F2NO2/c1-13(2,3)18-11(17)7-8-16-12-9(14)5-4-6-10(12)15/h4-6,16H,7-8H2,1-3H3. The van der Waals surface area contributed by atoms with Gasteiger partial charge >= 0.3 is 5.97 Å². The van der Waals surface area contributed by atoms with E-state index in [1.165, 1.54) is 6.07 Å². The number of anilines is 1. The first-order valence-electron chi connectivity index (χ1n) is 5.69. The highest BCUT2D eigenvalue weighted by Crippen LogP contribution is 2.17. The third-order valence-corrected chi connectivity index (χ3v) is 2.01. The summed E-state index contributed by atoms with van der Waals surface area (Å²) in [6.45, 7) is 5.39. The molecule has 1 aromatic carbocycles. The van der Waals surface area contributed by atoms with Crippen LogP contribution in [0.1, 0.15) is 27.2 Å². The molecule has 0 saturated heterocycles. The third-order valence-electron chi connectivity index (χ3n) is 2.01. The smallest absolute Gasteiger partial charge is 0.308 e. The molecule has 0 saturated carbocycles. The zero-order valence-electron chi connectivity index (χ0n) is 10.7. The van der Waals surface area contributed by atoms with Crippen LogP contribution in [0.25, 0.3) is 0 Å². The number of rotatable bonds is 4. The largest absolute Gasteiger partial charge is 0.460 e. The summed E-state index contributed by atoms with van der Waals surface area (Å²) in [6, 6.07) is 3.58. The number of ether oxygens (including phenoxy) is 1. The first-order chi connectivity index (χ1) is 8.29. The summed E-state index contributed by atoms with van der Waals surface area (Å²) < 4.78 is 31.5. The van der Waals surface area contributed by atoms with Crippen LogP contribution in [-0.4, -0.2) is 18.1 Å². The summed E-state index contributed by atoms with van der Waals surface area (Å²) >= 11 is 0. The van der Waals surface area contributed by atoms with Crippen molar-refractivity contribution in [2.45, 2.75) is 32.8 Å². The summed E-state index contributed by atoms with van der Waals surface area (Å²) in [6.07, 6.45) is 0.0467. The van der Waals surface area contributed by atoms with E-state index in [9.17, 15) is 13.6 Å². The number of carbonyl (C=O) groups is 1. The Labute approximate surface area is 105 Å². The van der Waals surface area contributed by atoms with Crippen molar-refractivity contribution >= 4 is 11.7 Å². The number of carbonyl (C=O) groups excluding carboxylic acids is 1. The Balaban J connectivity index is 2.45. The van der Waals surface area contributed by atoms with Gasteiger partial charge in [-0.1, -0.05) is 6.07 Å². The monoisotopic (exact) mass is 257 g/mol. The van der Waals surface area contributed by atoms with Gasteiger partial charge in [-0.2, -0.15) is 0 Å². The zero-order valence-corrected chi connectivity index (χ0v) is 10.7. The maximum atomic E-state index is 13.2. The van der Waals surface area contributed by atoms with Gasteiger partial charge in [0.15, 0.2) is 0 Å². The first-order valence-corrected chi connectivity index (χ1v) is 5.69. The number of halogens is 2. The van der Waals surface area contributed by atoms with Gasteiger partial charge in [0.05, 0.1) is 6.42 Å². The lowest BCUT2D eigenvalue weighted by Crippen LogP contribution is -2.25. The number of hydrogen-bond acceptors (Lipinski definition) is 3. The minimum absolute atomic E-state index is 0.0467. The van der Waals surface area contributed by atoms with Crippen molar-refractivity contribution in [1.29, 1.82) is 0 Å². The normalized spacial score (nSPS) is 11.2. The summed E-state index contributed by atoms with van der Waals surface area (Å²) in [5.74, 6) is -1.77. The Morgan fingerprint density at radius 2 is 1.83 bits per heavy atom. The maximum Gasteiger partial charge on any atom is 0.308 e. The van der Waals surface area contributed by atoms with Crippen molar-refractivity contribution in [2.75, 3.05) is 11.9 Å². The van der Waals surface area contributed by atoms with E-state index in [0.29, 0.717) is 0 Å². The van der Waals surface area contributed by atoms with E-state index < -0.39 is 23.2 Å². The molecule has 0 radical (unpaired) electrons. The molecule has 100 valence electrons. The van der Waals surface area contributed by atoms with Crippen LogP contribution in [0.15, 0.2) is 18.2 Å². The summed E-state index contributed by atoms with van der Waals surface area (Å²) in [4.78, 5) is 11.4. The molecule has 1 rings (SSSR count). The molecule has 0 aromatic heterocycles. The SMILES string of the molecule is CC(C)(C)OC(=O)CCNc1c(F)cccc1F. The van der Waals surface area contributed by atoms with E-state index in [1.54, 1.807) is 20.8 Å². The predicted octanol–water partition coefficient (Wildman–Crippen LogP) is 3.11. The molecule has 0 heterocycles. The number of para-hydroxylation sites is 1. The van der Waals surface area contributed by atoms with E-state index >= 15 is 0 Å². The Morgan fingerprint density at radius 3 is 2.33 bits per heavy atom. The molecule has 0 aliphatic rings. The Bertz CT molecular complexity index is 407. The van der Waals surface area contributed by atoms with Crippen molar-refractivity contribution in [2.24, 2.45) is 0 Å². The molecule has 0 bridgehead atoms. The van der Waals surface area contributed by atoms with E-state index in [2.05, 4.69) is 5.32 Å². The Hall–Kier alpha value is -1.65. The van der Waals surface area contributed by atoms with Gasteiger partial charge in [-0.15, -0.1) is 0 Å². The lowest BCUT2D eigenvalue weighted by molar-refractivity contribution is -0.154. The quantitative estimate of drug-likeness (QED) is 0.842. The Morgan fingerprint density at radius 1 is 1.28 bits per heavy atom. The zero-order chi connectivity index (χ0) is 13.8. The molecule has 0 spiro atoms. The van der Waals surface area contributed by atoms with Gasteiger partial charge in [0.25, 0.3) is 0 Å². The Kier molecular flexibility index (Phi) is 4.64. The minimum Gasteiger partial charge on any atom is -0.460 e. The number of nitrogens with one attached hydrogen (secondary N) is 1. The number of benzene rings is 1. The van der Waals surface area contributed by atoms with Crippen molar-refractivity contribution in [3.8, 4) is 0 Å². The lowest BCUT2D eigenvalue weighted by atomic mass is 10.2. The van der Waals surface area contributed by atoms with Crippen LogP contribution in [0, 0.1) is 11.6 Å². The topological polar surface area (TPSA) is 38.3 Å². The molecule has 1 aromatic rings. The van der Waals surface area contributed by atoms with E-state index in [0.717, 1.165) is 12.1 Å². The van der Waals surface area contributed by atoms with Gasteiger partial charge in [0.2, 0.25) is 0 Å². The van der Waals surface area contributed by atoms with E-state index in [4.69, 9.17) is 4.74 Å². The van der Waals surface area contributed by atoms with Crippen LogP contribution in [-0.2, 0) is 9.53 Å². The van der Waals surface area contributed by atoms with Gasteiger partial charge in [-0.3, -0.25) is 4.79 Å². The van der Waals surface area contributed by atoms with Crippen LogP contribution in [0.3, 0.4) is 0 Å². The van der Waals surface area contributed by atoms with Gasteiger partial charge < -0.3 is 10.1 Å². The average Bonchev–Trinajstić information content (AvgIpc) is 2.19. The second-order valence-corrected chi connectivity index (χ2v) is 4.86. The molecule has 0 aliphatic heterocycles. The van der Waals surface area contributed by atoms with Gasteiger partial charge in [0.1, 0.15) is 22.9 Å². The van der Waals surface area contributed by atoms with Crippen LogP contribution < -0.4 is 5.32 Å². The van der Waals surface area contributed by atoms with Crippen molar-refractivity contribution in [3.05, 3.63) is 29.8 Å². The second-order valence-electron chi connectivity index (χ2n) is 4.86. The van der Waals surface area contributed by atoms with Crippen LogP contribution in [0.4, 0.5) is 14.5 Å². The van der Waals surface area contributed by atoms with E-state index in [1.807, 2.05) is 0 Å². The summed E-state index contributed by atoms with van der Waals surface area (Å²) in [5, 5.41) is 2.55. The maximum absolute atomic E-state index is 13.2. The van der Waals surface area contributed by atoms with Crippen molar-refractivity contribution < 1.29 is 18.3 Å². The molecule has 0 aliphatic carbocycles. The van der Waals surface area contributed by atoms with Crippen LogP contribution >= 0.6 is 0 Å². The van der Waals surface area contributed by atoms with Gasteiger partial charge in [-0.25, -0.2) is 8.78 Å². The molecule has 5 heteroatoms. The molecular weight excluding hydrogens is 240 g/mol. The molecule has 18 heavy (non-hydrogen) atoms. The molecule has 0 fully saturated rings. The first kappa shape index (κ1) is 14.4. The fourth-order valence-corrected chi connectivity index (χ4v) is 1.35. The van der Waals surface area contributed by atoms with Gasteiger partial charge in [-0.05, 0) is 32.9 Å². The fraction of sp³-hybridized carbons (Fsp3) is 0.462. The highest BCUT2D eigenvalue weighted by molar-refractivity contribution is 5.70. The number of esters is 1. The third kappa shape index (κ3) is 4.69. The summed E-state index contributed by atoms with van der Waals surface area (Å²) in [7, 11) is 0. The second kappa shape index (κ2) is 5.80. The van der Waals surface area contributed by atoms with Crippen molar-refractivity contribution in [1.82, 2.24) is 0 Å². The van der Waals surface area contributed by atoms with Crippen LogP contribution in [0.5, 0.6) is 0 Å². The molecule has 1 N–H and O–H groups in total. The number of hydrogen-bond donors (Lipinski definition) is 1. The van der Waals surface area contributed by atoms with Gasteiger partial charge in [0, 0.05) is 6.54 Å². The minimum atomic E-state index is -0.681. The molecule has 3 nitrogen and oxygen atoms in total.